The van der Waals surface area contributed by atoms with E-state index in [2.05, 4.69) is 40.9 Å². The number of imidazole rings is 1. The number of alkyl halides is 3. The molecule has 0 radical (unpaired) electrons. The van der Waals surface area contributed by atoms with Gasteiger partial charge in [0.2, 0.25) is 5.91 Å². The normalized spacial score (nSPS) is 18.1. The van der Waals surface area contributed by atoms with Crippen LogP contribution in [-0.2, 0) is 4.79 Å². The first kappa shape index (κ1) is 24.6. The number of carbonyl (C=O) groups excluding carboxylic acids is 1. The van der Waals surface area contributed by atoms with Crippen LogP contribution in [0.4, 0.5) is 30.4 Å². The second-order valence-corrected chi connectivity index (χ2v) is 9.07. The number of aromatic nitrogens is 5. The second kappa shape index (κ2) is 10.1. The molecule has 1 aliphatic rings. The Morgan fingerprint density at radius 1 is 1.16 bits per heavy atom. The molecule has 1 amide bonds. The van der Waals surface area contributed by atoms with Crippen molar-refractivity contribution in [1.82, 2.24) is 30.2 Å². The lowest BCUT2D eigenvalue weighted by Gasteiger charge is -2.31. The third kappa shape index (κ3) is 5.53. The van der Waals surface area contributed by atoms with E-state index < -0.39 is 12.2 Å². The number of nitrogens with one attached hydrogen (secondary N) is 4. The molecule has 0 bridgehead atoms. The van der Waals surface area contributed by atoms with Crippen molar-refractivity contribution in [1.29, 1.82) is 0 Å². The van der Waals surface area contributed by atoms with E-state index in [1.54, 1.807) is 30.7 Å². The fraction of sp³-hybridized carbons (Fsp3) is 0.320. The molecule has 1 aromatic carbocycles. The van der Waals surface area contributed by atoms with Crippen molar-refractivity contribution in [3.05, 3.63) is 54.7 Å². The number of hydrogen-bond donors (Lipinski definition) is 4. The van der Waals surface area contributed by atoms with Crippen LogP contribution in [-0.4, -0.2) is 49.6 Å². The monoisotopic (exact) mass is 510 g/mol. The quantitative estimate of drug-likeness (QED) is 0.296. The Hall–Kier alpha value is -4.06. The molecule has 4 N–H and O–H groups in total. The number of anilines is 3. The van der Waals surface area contributed by atoms with Gasteiger partial charge < -0.3 is 20.9 Å². The summed E-state index contributed by atoms with van der Waals surface area (Å²) in [4.78, 5) is 33.0. The van der Waals surface area contributed by atoms with E-state index in [-0.39, 0.29) is 31.2 Å². The SMILES string of the molecule is Cc1ccc(NC(=O)C[C@@H]2CCN[C@H](C(F)(F)F)C2)cc1Nc1ncccc1-c1ncnc2nc[nH]c12. The standard InChI is InChI=1S/C25H25F3N8O/c1-14-4-5-16(35-20(37)10-15-6-8-29-19(9-15)25(26,27)28)11-18(14)36-23-17(3-2-7-30-23)21-22-24(33-12-31-21)34-13-32-22/h2-5,7,11-13,15,19,29H,6,8-10H2,1H3,(H,30,36)(H,35,37)(H,31,32,33,34)/t15-,19+/m1/s1. The summed E-state index contributed by atoms with van der Waals surface area (Å²) in [6.07, 6.45) is 0.786. The number of pyridine rings is 1. The summed E-state index contributed by atoms with van der Waals surface area (Å²) in [6, 6.07) is 7.50. The molecule has 0 unspecified atom stereocenters. The molecule has 3 aromatic heterocycles. The van der Waals surface area contributed by atoms with Gasteiger partial charge in [0.25, 0.3) is 0 Å². The molecule has 1 fully saturated rings. The van der Waals surface area contributed by atoms with Crippen molar-refractivity contribution in [3.8, 4) is 11.3 Å². The minimum atomic E-state index is -4.31. The second-order valence-electron chi connectivity index (χ2n) is 9.07. The van der Waals surface area contributed by atoms with Gasteiger partial charge in [-0.05, 0) is 62.1 Å². The molecule has 0 saturated carbocycles. The maximum atomic E-state index is 13.1. The van der Waals surface area contributed by atoms with Gasteiger partial charge in [-0.25, -0.2) is 19.9 Å². The highest BCUT2D eigenvalue weighted by atomic mass is 19.4. The van der Waals surface area contributed by atoms with E-state index in [0.29, 0.717) is 40.5 Å². The van der Waals surface area contributed by atoms with Crippen LogP contribution in [0.1, 0.15) is 24.8 Å². The van der Waals surface area contributed by atoms with Crippen LogP contribution >= 0.6 is 0 Å². The van der Waals surface area contributed by atoms with Gasteiger partial charge in [0.1, 0.15) is 29.4 Å². The predicted octanol–water partition coefficient (Wildman–Crippen LogP) is 4.73. The third-order valence-corrected chi connectivity index (χ3v) is 6.44. The Bertz CT molecular complexity index is 1420. The maximum Gasteiger partial charge on any atom is 0.403 e. The number of H-pyrrole nitrogens is 1. The van der Waals surface area contributed by atoms with E-state index in [1.807, 2.05) is 19.1 Å². The van der Waals surface area contributed by atoms with Crippen LogP contribution in [0.3, 0.4) is 0 Å². The highest BCUT2D eigenvalue weighted by Crippen LogP contribution is 2.33. The molecule has 9 nitrogen and oxygen atoms in total. The molecule has 4 heterocycles. The molecule has 192 valence electrons. The Kier molecular flexibility index (Phi) is 6.74. The van der Waals surface area contributed by atoms with Crippen molar-refractivity contribution in [2.24, 2.45) is 5.92 Å². The minimum Gasteiger partial charge on any atom is -0.341 e. The molecule has 4 aromatic rings. The van der Waals surface area contributed by atoms with Gasteiger partial charge in [-0.3, -0.25) is 4.79 Å². The number of halogens is 3. The molecule has 12 heteroatoms. The summed E-state index contributed by atoms with van der Waals surface area (Å²) in [6.45, 7) is 2.16. The van der Waals surface area contributed by atoms with Crippen LogP contribution in [0.15, 0.2) is 49.2 Å². The summed E-state index contributed by atoms with van der Waals surface area (Å²) in [7, 11) is 0. The van der Waals surface area contributed by atoms with Gasteiger partial charge in [0.15, 0.2) is 5.65 Å². The van der Waals surface area contributed by atoms with E-state index in [9.17, 15) is 18.0 Å². The number of amides is 1. The zero-order valence-corrected chi connectivity index (χ0v) is 19.9. The Balaban J connectivity index is 1.32. The van der Waals surface area contributed by atoms with Crippen molar-refractivity contribution in [2.75, 3.05) is 17.2 Å². The van der Waals surface area contributed by atoms with E-state index in [1.165, 1.54) is 6.33 Å². The maximum absolute atomic E-state index is 13.1. The number of nitrogens with zero attached hydrogens (tertiary/aromatic N) is 4. The molecule has 0 spiro atoms. The number of rotatable bonds is 6. The highest BCUT2D eigenvalue weighted by Gasteiger charge is 2.42. The Labute approximate surface area is 210 Å². The molecule has 1 aliphatic heterocycles. The molecular formula is C25H25F3N8O. The first-order chi connectivity index (χ1) is 17.8. The summed E-state index contributed by atoms with van der Waals surface area (Å²) in [5.74, 6) is -0.0977. The van der Waals surface area contributed by atoms with Crippen molar-refractivity contribution in [3.63, 3.8) is 0 Å². The first-order valence-electron chi connectivity index (χ1n) is 11.8. The smallest absolute Gasteiger partial charge is 0.341 e. The van der Waals surface area contributed by atoms with Crippen molar-refractivity contribution < 1.29 is 18.0 Å². The zero-order valence-electron chi connectivity index (χ0n) is 19.9. The van der Waals surface area contributed by atoms with E-state index in [4.69, 9.17) is 0 Å². The summed E-state index contributed by atoms with van der Waals surface area (Å²) in [5, 5.41) is 8.64. The third-order valence-electron chi connectivity index (χ3n) is 6.44. The number of carbonyl (C=O) groups is 1. The average molecular weight is 511 g/mol. The zero-order chi connectivity index (χ0) is 26.0. The fourth-order valence-corrected chi connectivity index (χ4v) is 4.53. The largest absolute Gasteiger partial charge is 0.403 e. The van der Waals surface area contributed by atoms with Crippen LogP contribution < -0.4 is 16.0 Å². The lowest BCUT2D eigenvalue weighted by atomic mass is 9.89. The molecule has 2 atom stereocenters. The van der Waals surface area contributed by atoms with Crippen LogP contribution in [0, 0.1) is 12.8 Å². The predicted molar refractivity (Wildman–Crippen MR) is 133 cm³/mol. The first-order valence-corrected chi connectivity index (χ1v) is 11.8. The Morgan fingerprint density at radius 2 is 2.03 bits per heavy atom. The number of aromatic amines is 1. The highest BCUT2D eigenvalue weighted by molar-refractivity contribution is 5.93. The Morgan fingerprint density at radius 3 is 2.86 bits per heavy atom. The van der Waals surface area contributed by atoms with Crippen LogP contribution in [0.5, 0.6) is 0 Å². The number of aryl methyl sites for hydroxylation is 1. The van der Waals surface area contributed by atoms with E-state index in [0.717, 1.165) is 11.1 Å². The van der Waals surface area contributed by atoms with Gasteiger partial charge >= 0.3 is 6.18 Å². The van der Waals surface area contributed by atoms with Crippen molar-refractivity contribution >= 4 is 34.3 Å². The van der Waals surface area contributed by atoms with Gasteiger partial charge in [0, 0.05) is 29.6 Å². The molecular weight excluding hydrogens is 485 g/mol. The summed E-state index contributed by atoms with van der Waals surface area (Å²) >= 11 is 0. The van der Waals surface area contributed by atoms with E-state index >= 15 is 0 Å². The summed E-state index contributed by atoms with van der Waals surface area (Å²) in [5.41, 5.74) is 4.76. The topological polar surface area (TPSA) is 121 Å². The van der Waals surface area contributed by atoms with Gasteiger partial charge in [-0.15, -0.1) is 0 Å². The number of hydrogen-bond acceptors (Lipinski definition) is 7. The van der Waals surface area contributed by atoms with Gasteiger partial charge in [-0.1, -0.05) is 6.07 Å². The minimum absolute atomic E-state index is 0.0309. The van der Waals surface area contributed by atoms with Crippen LogP contribution in [0.25, 0.3) is 22.4 Å². The van der Waals surface area contributed by atoms with Crippen molar-refractivity contribution in [2.45, 2.75) is 38.4 Å². The molecule has 0 aliphatic carbocycles. The molecule has 5 rings (SSSR count). The fourth-order valence-electron chi connectivity index (χ4n) is 4.53. The van der Waals surface area contributed by atoms with Crippen LogP contribution in [0.2, 0.25) is 0 Å². The van der Waals surface area contributed by atoms with Gasteiger partial charge in [-0.2, -0.15) is 13.2 Å². The number of piperidine rings is 1. The lowest BCUT2D eigenvalue weighted by Crippen LogP contribution is -2.48. The molecule has 37 heavy (non-hydrogen) atoms. The average Bonchev–Trinajstić information content (AvgIpc) is 3.35. The summed E-state index contributed by atoms with van der Waals surface area (Å²) < 4.78 is 39.2. The van der Waals surface area contributed by atoms with Gasteiger partial charge in [0.05, 0.1) is 6.33 Å². The molecule has 1 saturated heterocycles. The number of benzene rings is 1. The lowest BCUT2D eigenvalue weighted by molar-refractivity contribution is -0.164. The number of fused-ring (bicyclic) bond motifs is 1.